The maximum absolute atomic E-state index is 10.4. The van der Waals surface area contributed by atoms with Crippen LogP contribution in [0.4, 0.5) is 0 Å². The van der Waals surface area contributed by atoms with Gasteiger partial charge in [0.2, 0.25) is 0 Å². The Bertz CT molecular complexity index is 733. The zero-order chi connectivity index (χ0) is 16.2. The molecule has 0 aromatic heterocycles. The van der Waals surface area contributed by atoms with Crippen LogP contribution in [0, 0.1) is 13.8 Å². The van der Waals surface area contributed by atoms with Gasteiger partial charge in [0.25, 0.3) is 0 Å². The minimum atomic E-state index is 0.130. The average Bonchev–Trinajstić information content (AvgIpc) is 2.57. The van der Waals surface area contributed by atoms with Crippen LogP contribution in [0.15, 0.2) is 66.7 Å². The van der Waals surface area contributed by atoms with Crippen LogP contribution in [0.3, 0.4) is 0 Å². The Kier molecular flexibility index (Phi) is 5.25. The number of phenols is 1. The number of phenolic OH excluding ortho intramolecular Hbond substituents is 1. The van der Waals surface area contributed by atoms with E-state index in [1.54, 1.807) is 0 Å². The summed E-state index contributed by atoms with van der Waals surface area (Å²) < 4.78 is 5.17. The normalized spacial score (nSPS) is 10.7. The monoisotopic (exact) mass is 434 g/mol. The summed E-state index contributed by atoms with van der Waals surface area (Å²) in [5.74, 6) is 0.441. The van der Waals surface area contributed by atoms with Gasteiger partial charge in [-0.1, -0.05) is 0 Å². The van der Waals surface area contributed by atoms with E-state index in [-0.39, 0.29) is 29.9 Å². The summed E-state index contributed by atoms with van der Waals surface area (Å²) in [7, 11) is 0. The molecule has 0 saturated carbocycles. The first kappa shape index (κ1) is 16.4. The first-order valence-electron chi connectivity index (χ1n) is 7.44. The van der Waals surface area contributed by atoms with Crippen molar-refractivity contribution in [3.63, 3.8) is 0 Å². The van der Waals surface area contributed by atoms with E-state index in [9.17, 15) is 5.11 Å². The van der Waals surface area contributed by atoms with Crippen LogP contribution >= 0.6 is 0 Å². The Morgan fingerprint density at radius 3 is 1.70 bits per heavy atom. The third kappa shape index (κ3) is 3.88. The van der Waals surface area contributed by atoms with E-state index >= 15 is 0 Å². The van der Waals surface area contributed by atoms with E-state index in [1.165, 1.54) is 24.5 Å². The van der Waals surface area contributed by atoms with E-state index in [0.717, 1.165) is 4.46 Å². The van der Waals surface area contributed by atoms with Crippen LogP contribution in [-0.2, 0) is 0 Å². The molecule has 0 fully saturated rings. The maximum atomic E-state index is 10.4. The van der Waals surface area contributed by atoms with E-state index in [1.807, 2.05) is 12.1 Å². The molecule has 0 atom stereocenters. The zero-order valence-electron chi connectivity index (χ0n) is 13.1. The van der Waals surface area contributed by atoms with Crippen molar-refractivity contribution in [1.82, 2.24) is 0 Å². The fourth-order valence-electron chi connectivity index (χ4n) is 2.43. The quantitative estimate of drug-likeness (QED) is 0.617. The van der Waals surface area contributed by atoms with E-state index in [4.69, 9.17) is 0 Å². The van der Waals surface area contributed by atoms with Gasteiger partial charge in [0.1, 0.15) is 0 Å². The number of hydrogen-bond donors (Lipinski definition) is 1. The van der Waals surface area contributed by atoms with Crippen molar-refractivity contribution in [2.24, 2.45) is 0 Å². The van der Waals surface area contributed by atoms with Crippen molar-refractivity contribution in [1.29, 1.82) is 0 Å². The third-order valence-electron chi connectivity index (χ3n) is 3.55. The van der Waals surface area contributed by atoms with Crippen LogP contribution < -0.4 is 17.8 Å². The molecule has 0 unspecified atom stereocenters. The predicted octanol–water partition coefficient (Wildman–Crippen LogP) is 1.32. The zero-order valence-corrected chi connectivity index (χ0v) is 16.5. The van der Waals surface area contributed by atoms with Gasteiger partial charge in [0.15, 0.2) is 0 Å². The second kappa shape index (κ2) is 7.38. The fraction of sp³-hybridized carbons (Fsp3) is 0.100. The molecule has 0 radical (unpaired) electrons. The number of hydrogen-bond acceptors (Lipinski definition) is 1. The molecule has 1 N–H and O–H groups in total. The number of benzene rings is 3. The fourth-order valence-corrected chi connectivity index (χ4v) is 6.85. The van der Waals surface area contributed by atoms with E-state index in [0.29, 0.717) is 5.75 Å². The van der Waals surface area contributed by atoms with Crippen molar-refractivity contribution in [2.45, 2.75) is 13.8 Å². The Labute approximate surface area is 150 Å². The molecular weight excluding hydrogens is 414 g/mol. The first-order chi connectivity index (χ1) is 11.1. The van der Waals surface area contributed by atoms with Crippen molar-refractivity contribution in [3.05, 3.63) is 77.9 Å². The van der Waals surface area contributed by atoms with Gasteiger partial charge in [0.05, 0.1) is 0 Å². The molecule has 3 aromatic rings. The topological polar surface area (TPSA) is 20.2 Å². The molecule has 3 rings (SSSR count). The van der Waals surface area contributed by atoms with E-state index < -0.39 is 0 Å². The molecule has 0 spiro atoms. The van der Waals surface area contributed by atoms with Crippen LogP contribution in [0.25, 0.3) is 0 Å². The molecule has 0 bridgehead atoms. The van der Waals surface area contributed by atoms with Crippen LogP contribution in [0.5, 0.6) is 5.75 Å². The molecule has 3 heteroatoms. The Hall–Kier alpha value is -1.50. The molecule has 0 aliphatic heterocycles. The van der Waals surface area contributed by atoms with Crippen molar-refractivity contribution < 1.29 is 5.11 Å². The summed E-state index contributed by atoms with van der Waals surface area (Å²) in [6.07, 6.45) is 0. The molecule has 0 heterocycles. The summed E-state index contributed by atoms with van der Waals surface area (Å²) in [5, 5.41) is 10.4. The van der Waals surface area contributed by atoms with Gasteiger partial charge >= 0.3 is 150 Å². The average molecular weight is 432 g/mol. The number of rotatable bonds is 4. The molecule has 0 aliphatic rings. The standard InChI is InChI=1S/C20H18OSe2/c1-14-13-18(21)20(23-17-11-7-4-8-12-17)15(2)19(14)22-16-9-5-3-6-10-16/h3-13,21H,1-2H3. The summed E-state index contributed by atoms with van der Waals surface area (Å²) in [5.41, 5.74) is 2.45. The second-order valence-electron chi connectivity index (χ2n) is 5.33. The van der Waals surface area contributed by atoms with Crippen LogP contribution in [-0.4, -0.2) is 35.0 Å². The molecule has 1 nitrogen and oxygen atoms in total. The van der Waals surface area contributed by atoms with E-state index in [2.05, 4.69) is 68.4 Å². The summed E-state index contributed by atoms with van der Waals surface area (Å²) in [6.45, 7) is 4.26. The molecule has 0 aliphatic carbocycles. The number of aryl methyl sites for hydroxylation is 1. The minimum absolute atomic E-state index is 0.130. The van der Waals surface area contributed by atoms with Gasteiger partial charge in [-0.15, -0.1) is 0 Å². The first-order valence-corrected chi connectivity index (χ1v) is 10.9. The van der Waals surface area contributed by atoms with Crippen LogP contribution in [0.2, 0.25) is 0 Å². The predicted molar refractivity (Wildman–Crippen MR) is 101 cm³/mol. The Morgan fingerprint density at radius 2 is 1.17 bits per heavy atom. The molecule has 0 saturated heterocycles. The van der Waals surface area contributed by atoms with Gasteiger partial charge in [-0.05, 0) is 0 Å². The molecular formula is C20H18OSe2. The molecule has 0 amide bonds. The number of aromatic hydroxyl groups is 1. The second-order valence-corrected chi connectivity index (χ2v) is 9.87. The summed E-state index contributed by atoms with van der Waals surface area (Å²) in [6, 6.07) is 23.0. The van der Waals surface area contributed by atoms with Gasteiger partial charge in [0, 0.05) is 0 Å². The Morgan fingerprint density at radius 1 is 0.696 bits per heavy atom. The van der Waals surface area contributed by atoms with Gasteiger partial charge in [-0.3, -0.25) is 0 Å². The van der Waals surface area contributed by atoms with Crippen LogP contribution in [0.1, 0.15) is 11.1 Å². The summed E-state index contributed by atoms with van der Waals surface area (Å²) in [4.78, 5) is 0. The Balaban J connectivity index is 1.99. The van der Waals surface area contributed by atoms with Crippen molar-refractivity contribution in [3.8, 4) is 5.75 Å². The summed E-state index contributed by atoms with van der Waals surface area (Å²) >= 11 is 0.398. The molecule has 3 aromatic carbocycles. The third-order valence-corrected chi connectivity index (χ3v) is 8.94. The molecule has 116 valence electrons. The van der Waals surface area contributed by atoms with Crippen molar-refractivity contribution >= 4 is 47.8 Å². The van der Waals surface area contributed by atoms with Gasteiger partial charge in [-0.25, -0.2) is 0 Å². The van der Waals surface area contributed by atoms with Gasteiger partial charge < -0.3 is 0 Å². The van der Waals surface area contributed by atoms with Gasteiger partial charge in [-0.2, -0.15) is 0 Å². The molecule has 23 heavy (non-hydrogen) atoms. The van der Waals surface area contributed by atoms with Crippen molar-refractivity contribution in [2.75, 3.05) is 0 Å². The SMILES string of the molecule is Cc1cc(O)c([Se]c2ccccc2)c(C)c1[Se]c1ccccc1.